The van der Waals surface area contributed by atoms with Crippen LogP contribution in [-0.2, 0) is 16.1 Å². The fourth-order valence-electron chi connectivity index (χ4n) is 2.94. The highest BCUT2D eigenvalue weighted by molar-refractivity contribution is 7.99. The minimum atomic E-state index is -0.606. The Morgan fingerprint density at radius 2 is 2.28 bits per heavy atom. The Bertz CT molecular complexity index is 988. The number of nitrogens with zero attached hydrogens (tertiary/aromatic N) is 2. The lowest BCUT2D eigenvalue weighted by Gasteiger charge is -2.16. The first-order valence-electron chi connectivity index (χ1n) is 9.11. The molecule has 1 aliphatic heterocycles. The topological polar surface area (TPSA) is 102 Å². The molecule has 2 aromatic rings. The number of carbonyl (C=O) groups is 2. The number of ether oxygens (including phenoxy) is 1. The number of nitrogens with one attached hydrogen (secondary N) is 2. The first-order chi connectivity index (χ1) is 14.0. The molecule has 154 valence electrons. The van der Waals surface area contributed by atoms with Gasteiger partial charge in [0.2, 0.25) is 5.91 Å². The molecular weight excluding hydrogens is 416 g/mol. The Balaban J connectivity index is 1.82. The molecule has 1 atom stereocenters. The quantitative estimate of drug-likeness (QED) is 0.392. The smallest absolute Gasteiger partial charge is 0.321 e. The third-order valence-electron chi connectivity index (χ3n) is 4.28. The van der Waals surface area contributed by atoms with Crippen LogP contribution in [0.25, 0.3) is 10.9 Å². The number of halogens is 1. The summed E-state index contributed by atoms with van der Waals surface area (Å²) >= 11 is 7.12. The van der Waals surface area contributed by atoms with Crippen LogP contribution < -0.4 is 16.2 Å². The van der Waals surface area contributed by atoms with Gasteiger partial charge in [0.15, 0.2) is 5.16 Å². The van der Waals surface area contributed by atoms with E-state index >= 15 is 0 Å². The van der Waals surface area contributed by atoms with Crippen molar-refractivity contribution in [3.05, 3.63) is 46.2 Å². The molecule has 10 heteroatoms. The Labute approximate surface area is 176 Å². The highest BCUT2D eigenvalue weighted by Gasteiger charge is 2.21. The van der Waals surface area contributed by atoms with Gasteiger partial charge < -0.3 is 10.1 Å². The molecule has 2 N–H and O–H groups in total. The van der Waals surface area contributed by atoms with Gasteiger partial charge in [-0.3, -0.25) is 19.5 Å². The second-order valence-electron chi connectivity index (χ2n) is 6.44. The third-order valence-corrected chi connectivity index (χ3v) is 5.50. The fourth-order valence-corrected chi connectivity index (χ4v) is 3.91. The Hall–Kier alpha value is -2.36. The molecule has 29 heavy (non-hydrogen) atoms. The number of fused-ring (bicyclic) bond motifs is 1. The van der Waals surface area contributed by atoms with Crippen LogP contribution in [0.5, 0.6) is 0 Å². The number of thioether (sulfide) groups is 1. The second kappa shape index (κ2) is 9.91. The highest BCUT2D eigenvalue weighted by Crippen LogP contribution is 2.22. The largest absolute Gasteiger partial charge is 0.376 e. The summed E-state index contributed by atoms with van der Waals surface area (Å²) in [5.74, 6) is -0.577. The fraction of sp³-hybridized carbons (Fsp3) is 0.368. The van der Waals surface area contributed by atoms with Crippen LogP contribution in [0, 0.1) is 0 Å². The van der Waals surface area contributed by atoms with Crippen molar-refractivity contribution in [2.75, 3.05) is 18.9 Å². The van der Waals surface area contributed by atoms with E-state index in [0.29, 0.717) is 34.2 Å². The highest BCUT2D eigenvalue weighted by atomic mass is 35.5. The first-order valence-corrected chi connectivity index (χ1v) is 10.5. The van der Waals surface area contributed by atoms with E-state index in [1.807, 2.05) is 0 Å². The molecule has 1 fully saturated rings. The predicted molar refractivity (Wildman–Crippen MR) is 112 cm³/mol. The van der Waals surface area contributed by atoms with Gasteiger partial charge >= 0.3 is 6.03 Å². The van der Waals surface area contributed by atoms with Gasteiger partial charge in [-0.25, -0.2) is 9.78 Å². The maximum atomic E-state index is 13.0. The van der Waals surface area contributed by atoms with Crippen molar-refractivity contribution in [3.63, 3.8) is 0 Å². The van der Waals surface area contributed by atoms with E-state index in [1.165, 1.54) is 10.6 Å². The number of imide groups is 1. The molecule has 2 heterocycles. The third kappa shape index (κ3) is 5.59. The van der Waals surface area contributed by atoms with Crippen molar-refractivity contribution >= 4 is 46.2 Å². The summed E-state index contributed by atoms with van der Waals surface area (Å²) < 4.78 is 7.19. The zero-order valence-electron chi connectivity index (χ0n) is 15.7. The number of amides is 3. The van der Waals surface area contributed by atoms with E-state index in [1.54, 1.807) is 18.2 Å². The molecule has 8 nitrogen and oxygen atoms in total. The number of benzene rings is 1. The molecule has 0 bridgehead atoms. The van der Waals surface area contributed by atoms with Gasteiger partial charge in [-0.1, -0.05) is 29.4 Å². The standard InChI is InChI=1S/C19H21ClN4O4S/c1-2-7-21-18(27)23-16(25)11-29-19-22-15-9-12(20)5-6-14(15)17(26)24(19)10-13-4-3-8-28-13/h2,5-6,9,13H,1,3-4,7-8,10-11H2,(H2,21,23,25,27). The van der Waals surface area contributed by atoms with E-state index in [4.69, 9.17) is 16.3 Å². The first kappa shape index (κ1) is 21.4. The minimum absolute atomic E-state index is 0.0721. The molecular formula is C19H21ClN4O4S. The van der Waals surface area contributed by atoms with Gasteiger partial charge in [0, 0.05) is 18.2 Å². The molecule has 3 amide bonds. The normalized spacial score (nSPS) is 16.0. The summed E-state index contributed by atoms with van der Waals surface area (Å²) in [6, 6.07) is 4.29. The summed E-state index contributed by atoms with van der Waals surface area (Å²) in [6.07, 6.45) is 3.24. The summed E-state index contributed by atoms with van der Waals surface area (Å²) in [5, 5.41) is 5.97. The Kier molecular flexibility index (Phi) is 7.29. The van der Waals surface area contributed by atoms with Crippen molar-refractivity contribution < 1.29 is 14.3 Å². The number of aromatic nitrogens is 2. The summed E-state index contributed by atoms with van der Waals surface area (Å²) in [4.78, 5) is 41.2. The molecule has 1 unspecified atom stereocenters. The number of carbonyl (C=O) groups excluding carboxylic acids is 2. The van der Waals surface area contributed by atoms with Crippen LogP contribution in [0.1, 0.15) is 12.8 Å². The van der Waals surface area contributed by atoms with Crippen molar-refractivity contribution in [1.82, 2.24) is 20.2 Å². The average molecular weight is 437 g/mol. The number of hydrogen-bond donors (Lipinski definition) is 2. The lowest BCUT2D eigenvalue weighted by atomic mass is 10.2. The summed E-state index contributed by atoms with van der Waals surface area (Å²) in [6.45, 7) is 4.76. The second-order valence-corrected chi connectivity index (χ2v) is 7.82. The zero-order valence-corrected chi connectivity index (χ0v) is 17.2. The maximum Gasteiger partial charge on any atom is 0.321 e. The van der Waals surface area contributed by atoms with Gasteiger partial charge in [-0.15, -0.1) is 6.58 Å². The lowest BCUT2D eigenvalue weighted by molar-refractivity contribution is -0.117. The molecule has 3 rings (SSSR count). The minimum Gasteiger partial charge on any atom is -0.376 e. The van der Waals surface area contributed by atoms with Crippen molar-refractivity contribution in [3.8, 4) is 0 Å². The van der Waals surface area contributed by atoms with Gasteiger partial charge in [0.1, 0.15) is 0 Å². The van der Waals surface area contributed by atoms with E-state index in [0.717, 1.165) is 24.6 Å². The average Bonchev–Trinajstić information content (AvgIpc) is 3.20. The lowest BCUT2D eigenvalue weighted by Crippen LogP contribution is -2.40. The van der Waals surface area contributed by atoms with Crippen molar-refractivity contribution in [2.24, 2.45) is 0 Å². The van der Waals surface area contributed by atoms with Crippen LogP contribution in [0.4, 0.5) is 4.79 Å². The van der Waals surface area contributed by atoms with Gasteiger partial charge in [0.05, 0.1) is 29.3 Å². The molecule has 1 aromatic carbocycles. The van der Waals surface area contributed by atoms with Gasteiger partial charge in [0.25, 0.3) is 5.56 Å². The molecule has 1 saturated heterocycles. The molecule has 0 aliphatic carbocycles. The van der Waals surface area contributed by atoms with Crippen LogP contribution >= 0.6 is 23.4 Å². The van der Waals surface area contributed by atoms with Crippen LogP contribution in [0.2, 0.25) is 5.02 Å². The molecule has 0 radical (unpaired) electrons. The number of urea groups is 1. The molecule has 0 spiro atoms. The summed E-state index contributed by atoms with van der Waals surface area (Å²) in [7, 11) is 0. The van der Waals surface area contributed by atoms with Crippen LogP contribution in [0.15, 0.2) is 40.8 Å². The van der Waals surface area contributed by atoms with Gasteiger partial charge in [-0.2, -0.15) is 0 Å². The molecule has 0 saturated carbocycles. The maximum absolute atomic E-state index is 13.0. The number of rotatable bonds is 7. The molecule has 1 aromatic heterocycles. The van der Waals surface area contributed by atoms with E-state index in [9.17, 15) is 14.4 Å². The van der Waals surface area contributed by atoms with Crippen LogP contribution in [0.3, 0.4) is 0 Å². The number of hydrogen-bond acceptors (Lipinski definition) is 6. The monoisotopic (exact) mass is 436 g/mol. The van der Waals surface area contributed by atoms with Crippen molar-refractivity contribution in [1.29, 1.82) is 0 Å². The SMILES string of the molecule is C=CCNC(=O)NC(=O)CSc1nc2cc(Cl)ccc2c(=O)n1CC1CCCO1. The Morgan fingerprint density at radius 1 is 1.45 bits per heavy atom. The summed E-state index contributed by atoms with van der Waals surface area (Å²) in [5.41, 5.74) is 0.242. The zero-order chi connectivity index (χ0) is 20.8. The predicted octanol–water partition coefficient (Wildman–Crippen LogP) is 2.33. The van der Waals surface area contributed by atoms with Crippen LogP contribution in [-0.4, -0.2) is 46.5 Å². The van der Waals surface area contributed by atoms with Crippen molar-refractivity contribution in [2.45, 2.75) is 30.6 Å². The Morgan fingerprint density at radius 3 is 3.00 bits per heavy atom. The van der Waals surface area contributed by atoms with E-state index < -0.39 is 11.9 Å². The molecule has 1 aliphatic rings. The van der Waals surface area contributed by atoms with E-state index in [2.05, 4.69) is 22.2 Å². The van der Waals surface area contributed by atoms with E-state index in [-0.39, 0.29) is 24.0 Å². The van der Waals surface area contributed by atoms with Gasteiger partial charge in [-0.05, 0) is 31.0 Å².